The Bertz CT molecular complexity index is 368. The molecule has 0 heterocycles. The molecule has 0 saturated carbocycles. The summed E-state index contributed by atoms with van der Waals surface area (Å²) in [4.78, 5) is 2.37. The molecule has 0 fully saturated rings. The summed E-state index contributed by atoms with van der Waals surface area (Å²) in [7, 11) is 3.90. The van der Waals surface area contributed by atoms with Crippen LogP contribution in [0.5, 0.6) is 5.75 Å². The van der Waals surface area contributed by atoms with Crippen LogP contribution < -0.4 is 10.1 Å². The van der Waals surface area contributed by atoms with Crippen LogP contribution in [0.2, 0.25) is 0 Å². The number of hydrogen-bond acceptors (Lipinski definition) is 3. The van der Waals surface area contributed by atoms with Gasteiger partial charge >= 0.3 is 0 Å². The van der Waals surface area contributed by atoms with Crippen molar-refractivity contribution in [2.75, 3.05) is 20.7 Å². The third-order valence-corrected chi connectivity index (χ3v) is 3.75. The number of nitrogens with one attached hydrogen (secondary N) is 1. The standard InChI is InChI=1S/C16H28N2O/c1-6-11-17-13(2)14(3)18(4)12-15-9-7-8-10-16(15)19-5/h7-10,13-14,17H,6,11-12H2,1-5H3. The summed E-state index contributed by atoms with van der Waals surface area (Å²) in [5.41, 5.74) is 1.24. The van der Waals surface area contributed by atoms with Gasteiger partial charge in [0.1, 0.15) is 5.75 Å². The number of benzene rings is 1. The number of para-hydroxylation sites is 1. The molecule has 0 aliphatic rings. The molecule has 0 aliphatic heterocycles. The molecule has 2 atom stereocenters. The minimum Gasteiger partial charge on any atom is -0.496 e. The Balaban J connectivity index is 2.60. The van der Waals surface area contributed by atoms with Crippen LogP contribution in [0, 0.1) is 0 Å². The molecule has 1 aromatic carbocycles. The summed E-state index contributed by atoms with van der Waals surface area (Å²) in [6, 6.07) is 9.20. The maximum atomic E-state index is 5.41. The molecule has 0 aromatic heterocycles. The highest BCUT2D eigenvalue weighted by Gasteiger charge is 2.17. The molecule has 1 N–H and O–H groups in total. The van der Waals surface area contributed by atoms with Gasteiger partial charge in [-0.3, -0.25) is 4.90 Å². The largest absolute Gasteiger partial charge is 0.496 e. The third kappa shape index (κ3) is 4.84. The topological polar surface area (TPSA) is 24.5 Å². The maximum absolute atomic E-state index is 5.41. The third-order valence-electron chi connectivity index (χ3n) is 3.75. The SMILES string of the molecule is CCCNC(C)C(C)N(C)Cc1ccccc1OC. The fourth-order valence-electron chi connectivity index (χ4n) is 2.17. The first-order valence-electron chi connectivity index (χ1n) is 7.15. The van der Waals surface area contributed by atoms with E-state index in [0.717, 1.165) is 18.8 Å². The van der Waals surface area contributed by atoms with Crippen molar-refractivity contribution in [2.24, 2.45) is 0 Å². The number of ether oxygens (including phenoxy) is 1. The molecule has 0 spiro atoms. The molecular weight excluding hydrogens is 236 g/mol. The molecule has 2 unspecified atom stereocenters. The van der Waals surface area contributed by atoms with Gasteiger partial charge in [-0.2, -0.15) is 0 Å². The molecular formula is C16H28N2O. The van der Waals surface area contributed by atoms with E-state index in [9.17, 15) is 0 Å². The zero-order valence-corrected chi connectivity index (χ0v) is 12.9. The van der Waals surface area contributed by atoms with E-state index >= 15 is 0 Å². The Morgan fingerprint density at radius 1 is 1.26 bits per heavy atom. The summed E-state index contributed by atoms with van der Waals surface area (Å²) in [6.07, 6.45) is 1.17. The van der Waals surface area contributed by atoms with Gasteiger partial charge in [0, 0.05) is 24.2 Å². The molecule has 0 aliphatic carbocycles. The minimum absolute atomic E-state index is 0.483. The number of methoxy groups -OCH3 is 1. The number of nitrogens with zero attached hydrogens (tertiary/aromatic N) is 1. The van der Waals surface area contributed by atoms with E-state index in [4.69, 9.17) is 4.74 Å². The fourth-order valence-corrected chi connectivity index (χ4v) is 2.17. The Morgan fingerprint density at radius 2 is 1.95 bits per heavy atom. The van der Waals surface area contributed by atoms with Crippen LogP contribution in [0.4, 0.5) is 0 Å². The van der Waals surface area contributed by atoms with Crippen LogP contribution in [-0.2, 0) is 6.54 Å². The summed E-state index contributed by atoms with van der Waals surface area (Å²) in [5, 5.41) is 3.55. The normalized spacial score (nSPS) is 14.4. The molecule has 108 valence electrons. The molecule has 0 saturated heterocycles. The van der Waals surface area contributed by atoms with Gasteiger partial charge in [-0.05, 0) is 39.9 Å². The van der Waals surface area contributed by atoms with E-state index in [1.807, 2.05) is 12.1 Å². The van der Waals surface area contributed by atoms with Gasteiger partial charge in [0.15, 0.2) is 0 Å². The number of likely N-dealkylation sites (N-methyl/N-ethyl adjacent to an activating group) is 1. The summed E-state index contributed by atoms with van der Waals surface area (Å²) in [6.45, 7) is 8.70. The van der Waals surface area contributed by atoms with Crippen molar-refractivity contribution in [1.82, 2.24) is 10.2 Å². The monoisotopic (exact) mass is 264 g/mol. The van der Waals surface area contributed by atoms with Crippen molar-refractivity contribution in [3.05, 3.63) is 29.8 Å². The first-order valence-corrected chi connectivity index (χ1v) is 7.15. The average molecular weight is 264 g/mol. The van der Waals surface area contributed by atoms with Gasteiger partial charge in [-0.15, -0.1) is 0 Å². The van der Waals surface area contributed by atoms with Crippen LogP contribution in [0.1, 0.15) is 32.8 Å². The number of rotatable bonds is 8. The van der Waals surface area contributed by atoms with Gasteiger partial charge in [0.05, 0.1) is 7.11 Å². The Morgan fingerprint density at radius 3 is 2.58 bits per heavy atom. The highest BCUT2D eigenvalue weighted by Crippen LogP contribution is 2.20. The van der Waals surface area contributed by atoms with Gasteiger partial charge in [-0.1, -0.05) is 25.1 Å². The van der Waals surface area contributed by atoms with E-state index < -0.39 is 0 Å². The molecule has 0 radical (unpaired) electrons. The van der Waals surface area contributed by atoms with E-state index in [-0.39, 0.29) is 0 Å². The van der Waals surface area contributed by atoms with E-state index in [2.05, 4.69) is 50.2 Å². The molecule has 1 aromatic rings. The first-order chi connectivity index (χ1) is 9.10. The lowest BCUT2D eigenvalue weighted by molar-refractivity contribution is 0.204. The van der Waals surface area contributed by atoms with Crippen molar-refractivity contribution >= 4 is 0 Å². The molecule has 3 nitrogen and oxygen atoms in total. The van der Waals surface area contributed by atoms with Crippen LogP contribution in [0.3, 0.4) is 0 Å². The van der Waals surface area contributed by atoms with Crippen molar-refractivity contribution in [1.29, 1.82) is 0 Å². The molecule has 0 amide bonds. The van der Waals surface area contributed by atoms with Crippen molar-refractivity contribution in [3.8, 4) is 5.75 Å². The second-order valence-electron chi connectivity index (χ2n) is 5.21. The van der Waals surface area contributed by atoms with E-state index in [1.54, 1.807) is 7.11 Å². The lowest BCUT2D eigenvalue weighted by atomic mass is 10.1. The van der Waals surface area contributed by atoms with Gasteiger partial charge < -0.3 is 10.1 Å². The summed E-state index contributed by atoms with van der Waals surface area (Å²) >= 11 is 0. The van der Waals surface area contributed by atoms with Gasteiger partial charge in [0.25, 0.3) is 0 Å². The van der Waals surface area contributed by atoms with Gasteiger partial charge in [-0.25, -0.2) is 0 Å². The molecule has 19 heavy (non-hydrogen) atoms. The van der Waals surface area contributed by atoms with Crippen molar-refractivity contribution in [2.45, 2.75) is 45.8 Å². The molecule has 0 bridgehead atoms. The highest BCUT2D eigenvalue weighted by molar-refractivity contribution is 5.33. The van der Waals surface area contributed by atoms with Crippen molar-refractivity contribution in [3.63, 3.8) is 0 Å². The van der Waals surface area contributed by atoms with Crippen molar-refractivity contribution < 1.29 is 4.74 Å². The van der Waals surface area contributed by atoms with Crippen LogP contribution in [0.25, 0.3) is 0 Å². The second kappa shape index (κ2) is 8.18. The quantitative estimate of drug-likeness (QED) is 0.781. The smallest absolute Gasteiger partial charge is 0.123 e. The lowest BCUT2D eigenvalue weighted by Crippen LogP contribution is -2.45. The lowest BCUT2D eigenvalue weighted by Gasteiger charge is -2.31. The predicted molar refractivity (Wildman–Crippen MR) is 81.7 cm³/mol. The Kier molecular flexibility index (Phi) is 6.89. The summed E-state index contributed by atoms with van der Waals surface area (Å²) in [5.74, 6) is 0.968. The number of hydrogen-bond donors (Lipinski definition) is 1. The second-order valence-corrected chi connectivity index (χ2v) is 5.21. The van der Waals surface area contributed by atoms with Crippen LogP contribution in [-0.4, -0.2) is 37.7 Å². The minimum atomic E-state index is 0.483. The zero-order valence-electron chi connectivity index (χ0n) is 12.9. The summed E-state index contributed by atoms with van der Waals surface area (Å²) < 4.78 is 5.41. The maximum Gasteiger partial charge on any atom is 0.123 e. The Labute approximate surface area is 118 Å². The Hall–Kier alpha value is -1.06. The zero-order chi connectivity index (χ0) is 14.3. The molecule has 3 heteroatoms. The average Bonchev–Trinajstić information content (AvgIpc) is 2.44. The highest BCUT2D eigenvalue weighted by atomic mass is 16.5. The van der Waals surface area contributed by atoms with Crippen LogP contribution in [0.15, 0.2) is 24.3 Å². The first kappa shape index (κ1) is 16.0. The molecule has 1 rings (SSSR count). The van der Waals surface area contributed by atoms with E-state index in [0.29, 0.717) is 12.1 Å². The van der Waals surface area contributed by atoms with E-state index in [1.165, 1.54) is 12.0 Å². The fraction of sp³-hybridized carbons (Fsp3) is 0.625. The van der Waals surface area contributed by atoms with Crippen LogP contribution >= 0.6 is 0 Å². The van der Waals surface area contributed by atoms with Gasteiger partial charge in [0.2, 0.25) is 0 Å². The predicted octanol–water partition coefficient (Wildman–Crippen LogP) is 2.90.